The van der Waals surface area contributed by atoms with E-state index < -0.39 is 5.91 Å². The number of hydrogen-bond acceptors (Lipinski definition) is 7. The van der Waals surface area contributed by atoms with Crippen LogP contribution in [0.4, 0.5) is 5.69 Å². The van der Waals surface area contributed by atoms with Gasteiger partial charge in [0, 0.05) is 16.5 Å². The predicted octanol–water partition coefficient (Wildman–Crippen LogP) is 3.97. The molecule has 0 aliphatic carbocycles. The molecule has 0 unspecified atom stereocenters. The lowest BCUT2D eigenvalue weighted by Gasteiger charge is -2.09. The number of thiophene rings is 1. The van der Waals surface area contributed by atoms with Gasteiger partial charge < -0.3 is 14.8 Å². The van der Waals surface area contributed by atoms with E-state index in [-0.39, 0.29) is 30.4 Å². The second-order valence-corrected chi connectivity index (χ2v) is 8.06. The number of hydrogen-bond donors (Lipinski definition) is 1. The molecule has 1 amide bonds. The number of aromatic nitrogens is 2. The van der Waals surface area contributed by atoms with Crippen molar-refractivity contribution >= 4 is 39.0 Å². The number of benzene rings is 2. The zero-order chi connectivity index (χ0) is 23.2. The fourth-order valence-corrected chi connectivity index (χ4v) is 4.05. The summed E-state index contributed by atoms with van der Waals surface area (Å²) in [6, 6.07) is 19.0. The first-order chi connectivity index (χ1) is 16.0. The normalized spacial score (nSPS) is 10.7. The lowest BCUT2D eigenvalue weighted by molar-refractivity contribution is 0.0532. The van der Waals surface area contributed by atoms with Crippen LogP contribution in [0.2, 0.25) is 0 Å². The Morgan fingerprint density at radius 1 is 1.06 bits per heavy atom. The number of anilines is 1. The van der Waals surface area contributed by atoms with Crippen molar-refractivity contribution in [3.05, 3.63) is 87.7 Å². The summed E-state index contributed by atoms with van der Waals surface area (Å²) in [6.45, 7) is 2.50. The highest BCUT2D eigenvalue weighted by Gasteiger charge is 2.14. The lowest BCUT2D eigenvalue weighted by atomic mass is 10.2. The van der Waals surface area contributed by atoms with Crippen LogP contribution in [0.1, 0.15) is 27.1 Å². The summed E-state index contributed by atoms with van der Waals surface area (Å²) in [5, 5.41) is 7.76. The molecule has 2 aromatic heterocycles. The van der Waals surface area contributed by atoms with Gasteiger partial charge in [-0.3, -0.25) is 9.59 Å². The second-order valence-electron chi connectivity index (χ2n) is 6.98. The van der Waals surface area contributed by atoms with Crippen molar-refractivity contribution < 1.29 is 19.1 Å². The van der Waals surface area contributed by atoms with Crippen LogP contribution in [0, 0.1) is 0 Å². The van der Waals surface area contributed by atoms with Gasteiger partial charge in [-0.05, 0) is 54.8 Å². The Balaban J connectivity index is 1.44. The summed E-state index contributed by atoms with van der Waals surface area (Å²) in [5.41, 5.74) is 0.328. The van der Waals surface area contributed by atoms with Crippen LogP contribution < -0.4 is 15.6 Å². The van der Waals surface area contributed by atoms with E-state index in [9.17, 15) is 14.4 Å². The molecule has 0 saturated carbocycles. The van der Waals surface area contributed by atoms with Crippen LogP contribution in [0.15, 0.2) is 71.5 Å². The van der Waals surface area contributed by atoms with E-state index in [2.05, 4.69) is 10.4 Å². The number of ether oxygens (including phenoxy) is 2. The van der Waals surface area contributed by atoms with Crippen molar-refractivity contribution in [2.45, 2.75) is 13.5 Å². The number of amides is 1. The molecule has 0 bridgehead atoms. The van der Waals surface area contributed by atoms with Gasteiger partial charge in [0.1, 0.15) is 22.9 Å². The minimum Gasteiger partial charge on any atom is -0.492 e. The van der Waals surface area contributed by atoms with Gasteiger partial charge in [0.05, 0.1) is 13.2 Å². The highest BCUT2D eigenvalue weighted by Crippen LogP contribution is 2.28. The third kappa shape index (κ3) is 5.45. The average molecular weight is 464 g/mol. The Bertz CT molecular complexity index is 1350. The Hall–Kier alpha value is -3.98. The Kier molecular flexibility index (Phi) is 6.80. The number of rotatable bonds is 8. The van der Waals surface area contributed by atoms with E-state index in [1.54, 1.807) is 25.1 Å². The molecule has 4 rings (SSSR count). The maximum Gasteiger partial charge on any atom is 0.348 e. The van der Waals surface area contributed by atoms with Crippen LogP contribution >= 0.6 is 11.3 Å². The molecule has 0 atom stereocenters. The highest BCUT2D eigenvalue weighted by atomic mass is 32.1. The van der Waals surface area contributed by atoms with Gasteiger partial charge in [0.2, 0.25) is 0 Å². The van der Waals surface area contributed by atoms with Gasteiger partial charge >= 0.3 is 5.97 Å². The van der Waals surface area contributed by atoms with Gasteiger partial charge in [0.25, 0.3) is 11.5 Å². The van der Waals surface area contributed by atoms with E-state index in [1.165, 1.54) is 28.2 Å². The van der Waals surface area contributed by atoms with Crippen molar-refractivity contribution in [2.75, 3.05) is 18.5 Å². The van der Waals surface area contributed by atoms with Crippen molar-refractivity contribution in [1.82, 2.24) is 9.78 Å². The monoisotopic (exact) mass is 463 g/mol. The Labute approximate surface area is 193 Å². The molecule has 0 saturated heterocycles. The van der Waals surface area contributed by atoms with Crippen molar-refractivity contribution in [3.63, 3.8) is 0 Å². The van der Waals surface area contributed by atoms with E-state index in [0.29, 0.717) is 22.9 Å². The summed E-state index contributed by atoms with van der Waals surface area (Å²) in [7, 11) is 0. The first kappa shape index (κ1) is 22.2. The Morgan fingerprint density at radius 2 is 1.88 bits per heavy atom. The summed E-state index contributed by atoms with van der Waals surface area (Å²) in [6.07, 6.45) is 0. The molecule has 2 aromatic carbocycles. The molecule has 8 nitrogen and oxygen atoms in total. The second kappa shape index (κ2) is 10.1. The maximum absolute atomic E-state index is 12.7. The number of nitrogens with one attached hydrogen (secondary N) is 1. The predicted molar refractivity (Wildman–Crippen MR) is 126 cm³/mol. The maximum atomic E-state index is 12.7. The van der Waals surface area contributed by atoms with Crippen LogP contribution in [0.3, 0.4) is 0 Å². The van der Waals surface area contributed by atoms with E-state index in [1.807, 2.05) is 36.4 Å². The summed E-state index contributed by atoms with van der Waals surface area (Å²) in [5.74, 6) is -0.130. The molecular weight excluding hydrogens is 442 g/mol. The minimum atomic E-state index is -0.451. The van der Waals surface area contributed by atoms with Crippen LogP contribution in [0.5, 0.6) is 5.75 Å². The zero-order valence-electron chi connectivity index (χ0n) is 17.8. The standard InChI is InChI=1S/C24H21N3O5S/c1-2-31-24(30)21-15-16-14-17(8-10-20(16)33-21)25-23(29)19-9-11-22(28)27(26-19)12-13-32-18-6-4-3-5-7-18/h3-11,14-15H,2,12-13H2,1H3,(H,25,29). The molecule has 4 aromatic rings. The molecule has 0 aliphatic rings. The average Bonchev–Trinajstić information content (AvgIpc) is 3.25. The molecular formula is C24H21N3O5S. The van der Waals surface area contributed by atoms with E-state index in [0.717, 1.165) is 10.1 Å². The van der Waals surface area contributed by atoms with Crippen molar-refractivity contribution in [1.29, 1.82) is 0 Å². The van der Waals surface area contributed by atoms with Crippen LogP contribution in [-0.4, -0.2) is 34.9 Å². The molecule has 2 heterocycles. The number of nitrogens with zero attached hydrogens (tertiary/aromatic N) is 2. The molecule has 0 spiro atoms. The molecule has 9 heteroatoms. The van der Waals surface area contributed by atoms with E-state index in [4.69, 9.17) is 9.47 Å². The minimum absolute atomic E-state index is 0.104. The Morgan fingerprint density at radius 3 is 2.67 bits per heavy atom. The third-order valence-electron chi connectivity index (χ3n) is 4.67. The fourth-order valence-electron chi connectivity index (χ4n) is 3.12. The zero-order valence-corrected chi connectivity index (χ0v) is 18.6. The lowest BCUT2D eigenvalue weighted by Crippen LogP contribution is -2.28. The first-order valence-electron chi connectivity index (χ1n) is 10.3. The van der Waals surface area contributed by atoms with Gasteiger partial charge in [0.15, 0.2) is 0 Å². The third-order valence-corrected chi connectivity index (χ3v) is 5.76. The largest absolute Gasteiger partial charge is 0.492 e. The molecule has 168 valence electrons. The number of esters is 1. The highest BCUT2D eigenvalue weighted by molar-refractivity contribution is 7.20. The SMILES string of the molecule is CCOC(=O)c1cc2cc(NC(=O)c3ccc(=O)n(CCOc4ccccc4)n3)ccc2s1. The fraction of sp³-hybridized carbons (Fsp3) is 0.167. The smallest absolute Gasteiger partial charge is 0.348 e. The van der Waals surface area contributed by atoms with Crippen LogP contribution in [0.25, 0.3) is 10.1 Å². The van der Waals surface area contributed by atoms with E-state index >= 15 is 0 Å². The van der Waals surface area contributed by atoms with Gasteiger partial charge in [-0.15, -0.1) is 11.3 Å². The molecule has 1 N–H and O–H groups in total. The first-order valence-corrected chi connectivity index (χ1v) is 11.1. The molecule has 0 radical (unpaired) electrons. The van der Waals surface area contributed by atoms with Crippen molar-refractivity contribution in [2.24, 2.45) is 0 Å². The quantitative estimate of drug-likeness (QED) is 0.397. The van der Waals surface area contributed by atoms with Gasteiger partial charge in [-0.25, -0.2) is 9.48 Å². The summed E-state index contributed by atoms with van der Waals surface area (Å²) >= 11 is 1.33. The summed E-state index contributed by atoms with van der Waals surface area (Å²) < 4.78 is 12.7. The van der Waals surface area contributed by atoms with Crippen molar-refractivity contribution in [3.8, 4) is 5.75 Å². The molecule has 0 fully saturated rings. The van der Waals surface area contributed by atoms with Gasteiger partial charge in [-0.2, -0.15) is 5.10 Å². The molecule has 0 aliphatic heterocycles. The van der Waals surface area contributed by atoms with Gasteiger partial charge in [-0.1, -0.05) is 18.2 Å². The number of fused-ring (bicyclic) bond motifs is 1. The van der Waals surface area contributed by atoms with Crippen LogP contribution in [-0.2, 0) is 11.3 Å². The topological polar surface area (TPSA) is 99.5 Å². The summed E-state index contributed by atoms with van der Waals surface area (Å²) in [4.78, 5) is 37.3. The number of carbonyl (C=O) groups is 2. The number of carbonyl (C=O) groups excluding carboxylic acids is 2. The number of para-hydroxylation sites is 1. The molecule has 33 heavy (non-hydrogen) atoms.